The van der Waals surface area contributed by atoms with Crippen LogP contribution in [0.5, 0.6) is 11.5 Å². The minimum Gasteiger partial charge on any atom is -0.493 e. The lowest BCUT2D eigenvalue weighted by molar-refractivity contribution is 0.0990. The van der Waals surface area contributed by atoms with Crippen LogP contribution in [-0.4, -0.2) is 33.6 Å². The Balaban J connectivity index is 3.39. The summed E-state index contributed by atoms with van der Waals surface area (Å²) >= 11 is 6.06. The zero-order chi connectivity index (χ0) is 13.0. The van der Waals surface area contributed by atoms with E-state index in [4.69, 9.17) is 21.1 Å². The topological polar surface area (TPSA) is 47.6 Å². The first kappa shape index (κ1) is 13.8. The smallest absolute Gasteiger partial charge is 0.180 e. The summed E-state index contributed by atoms with van der Waals surface area (Å²) < 4.78 is 10.5. The highest BCUT2D eigenvalue weighted by molar-refractivity contribution is 6.32. The number of carbonyl (C=O) groups excluding carboxylic acids is 1. The fourth-order valence-corrected chi connectivity index (χ4v) is 1.81. The highest BCUT2D eigenvalue weighted by atomic mass is 35.5. The molecule has 0 aliphatic carbocycles. The molecule has 5 heteroatoms. The fourth-order valence-electron chi connectivity index (χ4n) is 1.61. The van der Waals surface area contributed by atoms with Gasteiger partial charge in [0.25, 0.3) is 0 Å². The number of halogens is 1. The number of Topliss-reactive ketones (excluding diaryl/α,β-unsaturated/α-hetero) is 1. The van der Waals surface area contributed by atoms with Gasteiger partial charge in [-0.15, -0.1) is 0 Å². The number of carbonyl (C=O) groups is 1. The van der Waals surface area contributed by atoms with Gasteiger partial charge in [0.15, 0.2) is 17.3 Å². The Morgan fingerprint density at radius 2 is 1.94 bits per heavy atom. The van der Waals surface area contributed by atoms with Crippen LogP contribution in [0, 0.1) is 6.92 Å². The molecule has 0 fully saturated rings. The van der Waals surface area contributed by atoms with Crippen LogP contribution in [0.1, 0.15) is 15.9 Å². The molecule has 0 heterocycles. The summed E-state index contributed by atoms with van der Waals surface area (Å²) in [4.78, 5) is 11.9. The number of ether oxygens (including phenoxy) is 2. The highest BCUT2D eigenvalue weighted by Crippen LogP contribution is 2.38. The first-order valence-electron chi connectivity index (χ1n) is 5.15. The molecule has 0 aromatic heterocycles. The maximum atomic E-state index is 11.9. The molecule has 1 aromatic rings. The summed E-state index contributed by atoms with van der Waals surface area (Å²) in [7, 11) is 4.73. The van der Waals surface area contributed by atoms with Crippen molar-refractivity contribution in [2.75, 3.05) is 27.8 Å². The second-order valence-corrected chi connectivity index (χ2v) is 3.96. The number of nitrogens with one attached hydrogen (secondary N) is 1. The van der Waals surface area contributed by atoms with E-state index in [1.54, 1.807) is 13.1 Å². The molecule has 17 heavy (non-hydrogen) atoms. The van der Waals surface area contributed by atoms with Crippen molar-refractivity contribution >= 4 is 17.4 Å². The van der Waals surface area contributed by atoms with E-state index in [2.05, 4.69) is 5.32 Å². The number of rotatable bonds is 5. The van der Waals surface area contributed by atoms with E-state index < -0.39 is 0 Å². The van der Waals surface area contributed by atoms with E-state index in [9.17, 15) is 4.79 Å². The van der Waals surface area contributed by atoms with Crippen LogP contribution in [0.3, 0.4) is 0 Å². The molecule has 0 unspecified atom stereocenters. The van der Waals surface area contributed by atoms with E-state index in [0.29, 0.717) is 22.1 Å². The number of hydrogen-bond donors (Lipinski definition) is 1. The van der Waals surface area contributed by atoms with Gasteiger partial charge in [-0.25, -0.2) is 0 Å². The maximum absolute atomic E-state index is 11.9. The monoisotopic (exact) mass is 257 g/mol. The Kier molecular flexibility index (Phi) is 4.78. The summed E-state index contributed by atoms with van der Waals surface area (Å²) in [5, 5.41) is 3.29. The molecular formula is C12H16ClNO3. The second kappa shape index (κ2) is 5.89. The fraction of sp³-hybridized carbons (Fsp3) is 0.417. The van der Waals surface area contributed by atoms with E-state index >= 15 is 0 Å². The van der Waals surface area contributed by atoms with Crippen LogP contribution in [0.2, 0.25) is 5.02 Å². The molecular weight excluding hydrogens is 242 g/mol. The lowest BCUT2D eigenvalue weighted by Gasteiger charge is -2.15. The van der Waals surface area contributed by atoms with Crippen molar-refractivity contribution < 1.29 is 14.3 Å². The molecule has 0 saturated carbocycles. The van der Waals surface area contributed by atoms with E-state index in [0.717, 1.165) is 5.56 Å². The molecule has 0 aliphatic heterocycles. The van der Waals surface area contributed by atoms with Gasteiger partial charge < -0.3 is 14.8 Å². The molecule has 1 rings (SSSR count). The van der Waals surface area contributed by atoms with Gasteiger partial charge in [0.1, 0.15) is 0 Å². The van der Waals surface area contributed by atoms with Gasteiger partial charge >= 0.3 is 0 Å². The zero-order valence-corrected chi connectivity index (χ0v) is 11.1. The third-order valence-corrected chi connectivity index (χ3v) is 2.86. The number of likely N-dealkylation sites (N-methyl/N-ethyl adjacent to an activating group) is 1. The number of hydrogen-bond acceptors (Lipinski definition) is 4. The van der Waals surface area contributed by atoms with Crippen molar-refractivity contribution in [3.05, 3.63) is 22.2 Å². The zero-order valence-electron chi connectivity index (χ0n) is 10.4. The van der Waals surface area contributed by atoms with Crippen LogP contribution < -0.4 is 14.8 Å². The molecule has 0 saturated heterocycles. The Morgan fingerprint density at radius 3 is 2.41 bits per heavy atom. The Morgan fingerprint density at radius 1 is 1.35 bits per heavy atom. The van der Waals surface area contributed by atoms with Crippen LogP contribution in [0.4, 0.5) is 0 Å². The molecule has 1 aromatic carbocycles. The summed E-state index contributed by atoms with van der Waals surface area (Å²) in [5.74, 6) is 0.832. The van der Waals surface area contributed by atoms with Crippen LogP contribution in [-0.2, 0) is 0 Å². The third kappa shape index (κ3) is 2.70. The minimum absolute atomic E-state index is 0.0930. The largest absolute Gasteiger partial charge is 0.493 e. The van der Waals surface area contributed by atoms with Crippen LogP contribution in [0.25, 0.3) is 0 Å². The molecule has 0 spiro atoms. The van der Waals surface area contributed by atoms with E-state index in [-0.39, 0.29) is 12.3 Å². The summed E-state index contributed by atoms with van der Waals surface area (Å²) in [6.45, 7) is 2.04. The SMILES string of the molecule is CNCC(=O)c1cc(Cl)c(C)c(OC)c1OC. The molecule has 0 aliphatic rings. The molecule has 0 bridgehead atoms. The maximum Gasteiger partial charge on any atom is 0.180 e. The van der Waals surface area contributed by atoms with E-state index in [1.165, 1.54) is 14.2 Å². The van der Waals surface area contributed by atoms with Crippen molar-refractivity contribution in [1.82, 2.24) is 5.32 Å². The molecule has 94 valence electrons. The van der Waals surface area contributed by atoms with Crippen LogP contribution in [0.15, 0.2) is 6.07 Å². The first-order valence-corrected chi connectivity index (χ1v) is 5.53. The molecule has 0 amide bonds. The summed E-state index contributed by atoms with van der Waals surface area (Å²) in [6.07, 6.45) is 0. The van der Waals surface area contributed by atoms with Gasteiger partial charge in [-0.05, 0) is 20.0 Å². The average molecular weight is 258 g/mol. The van der Waals surface area contributed by atoms with Crippen molar-refractivity contribution in [3.8, 4) is 11.5 Å². The predicted molar refractivity (Wildman–Crippen MR) is 67.6 cm³/mol. The van der Waals surface area contributed by atoms with Crippen molar-refractivity contribution in [3.63, 3.8) is 0 Å². The first-order chi connectivity index (χ1) is 8.06. The quantitative estimate of drug-likeness (QED) is 0.821. The van der Waals surface area contributed by atoms with Crippen LogP contribution >= 0.6 is 11.6 Å². The van der Waals surface area contributed by atoms with Gasteiger partial charge in [0, 0.05) is 10.6 Å². The Hall–Kier alpha value is -1.26. The van der Waals surface area contributed by atoms with E-state index in [1.807, 2.05) is 6.92 Å². The van der Waals surface area contributed by atoms with Crippen molar-refractivity contribution in [1.29, 1.82) is 0 Å². The molecule has 4 nitrogen and oxygen atoms in total. The molecule has 0 atom stereocenters. The Bertz CT molecular complexity index is 432. The number of ketones is 1. The summed E-state index contributed by atoms with van der Waals surface area (Å²) in [5.41, 5.74) is 1.18. The van der Waals surface area contributed by atoms with Crippen molar-refractivity contribution in [2.24, 2.45) is 0 Å². The van der Waals surface area contributed by atoms with Gasteiger partial charge in [0.05, 0.1) is 26.3 Å². The normalized spacial score (nSPS) is 10.2. The minimum atomic E-state index is -0.0930. The van der Waals surface area contributed by atoms with Crippen molar-refractivity contribution in [2.45, 2.75) is 6.92 Å². The molecule has 0 radical (unpaired) electrons. The lowest BCUT2D eigenvalue weighted by atomic mass is 10.1. The van der Waals surface area contributed by atoms with Gasteiger partial charge in [-0.2, -0.15) is 0 Å². The van der Waals surface area contributed by atoms with Gasteiger partial charge in [-0.1, -0.05) is 11.6 Å². The lowest BCUT2D eigenvalue weighted by Crippen LogP contribution is -2.19. The molecule has 1 N–H and O–H groups in total. The number of benzene rings is 1. The Labute approximate surface area is 106 Å². The standard InChI is InChI=1S/C12H16ClNO3/c1-7-9(13)5-8(10(15)6-14-2)12(17-4)11(7)16-3/h5,14H,6H2,1-4H3. The third-order valence-electron chi connectivity index (χ3n) is 2.47. The van der Waals surface area contributed by atoms with Gasteiger partial charge in [0.2, 0.25) is 0 Å². The highest BCUT2D eigenvalue weighted by Gasteiger charge is 2.20. The number of methoxy groups -OCH3 is 2. The average Bonchev–Trinajstić information content (AvgIpc) is 2.32. The second-order valence-electron chi connectivity index (χ2n) is 3.55. The predicted octanol–water partition coefficient (Wildman–Crippen LogP) is 2.07. The summed E-state index contributed by atoms with van der Waals surface area (Å²) in [6, 6.07) is 1.61. The van der Waals surface area contributed by atoms with Gasteiger partial charge in [-0.3, -0.25) is 4.79 Å².